The minimum absolute atomic E-state index is 0.130. The van der Waals surface area contributed by atoms with E-state index in [1.165, 1.54) is 6.07 Å². The Hall–Kier alpha value is -3.21. The lowest BCUT2D eigenvalue weighted by molar-refractivity contribution is 0.0925. The van der Waals surface area contributed by atoms with E-state index in [9.17, 15) is 14.7 Å². The normalized spacial score (nSPS) is 13.7. The molecule has 1 aromatic heterocycles. The van der Waals surface area contributed by atoms with Crippen LogP contribution in [0.2, 0.25) is 0 Å². The largest absolute Gasteiger partial charge is 0.506 e. The Balaban J connectivity index is 2.00. The minimum Gasteiger partial charge on any atom is -0.506 e. The van der Waals surface area contributed by atoms with Gasteiger partial charge in [0.15, 0.2) is 0 Å². The van der Waals surface area contributed by atoms with Crippen LogP contribution in [-0.4, -0.2) is 21.9 Å². The van der Waals surface area contributed by atoms with Crippen molar-refractivity contribution >= 4 is 28.4 Å². The van der Waals surface area contributed by atoms with E-state index in [0.29, 0.717) is 22.0 Å². The molecule has 5 heteroatoms. The molecule has 2 amide bonds. The molecule has 3 aromatic rings. The zero-order valence-electron chi connectivity index (χ0n) is 11.4. The SMILES string of the molecule is O=C1c2ccccc2C(=O)N1c1c(O)ccc2ncccc12. The van der Waals surface area contributed by atoms with E-state index < -0.39 is 11.8 Å². The van der Waals surface area contributed by atoms with E-state index in [-0.39, 0.29) is 11.4 Å². The average molecular weight is 290 g/mol. The van der Waals surface area contributed by atoms with Crippen molar-refractivity contribution in [3.8, 4) is 5.75 Å². The van der Waals surface area contributed by atoms with E-state index >= 15 is 0 Å². The van der Waals surface area contributed by atoms with Gasteiger partial charge in [0.2, 0.25) is 0 Å². The van der Waals surface area contributed by atoms with Gasteiger partial charge in [-0.05, 0) is 36.4 Å². The number of benzene rings is 2. The summed E-state index contributed by atoms with van der Waals surface area (Å²) in [5.41, 5.74) is 1.46. The van der Waals surface area contributed by atoms with Crippen molar-refractivity contribution in [2.75, 3.05) is 4.90 Å². The molecular weight excluding hydrogens is 280 g/mol. The number of carbonyl (C=O) groups excluding carboxylic acids is 2. The van der Waals surface area contributed by atoms with Gasteiger partial charge in [-0.25, -0.2) is 4.90 Å². The maximum absolute atomic E-state index is 12.6. The third-order valence-corrected chi connectivity index (χ3v) is 3.75. The number of aromatic nitrogens is 1. The van der Waals surface area contributed by atoms with Crippen molar-refractivity contribution < 1.29 is 14.7 Å². The van der Waals surface area contributed by atoms with Crippen molar-refractivity contribution in [1.29, 1.82) is 0 Å². The number of rotatable bonds is 1. The first kappa shape index (κ1) is 12.5. The smallest absolute Gasteiger partial charge is 0.266 e. The fraction of sp³-hybridized carbons (Fsp3) is 0. The van der Waals surface area contributed by atoms with Crippen LogP contribution in [0.3, 0.4) is 0 Å². The molecular formula is C17H10N2O3. The summed E-state index contributed by atoms with van der Waals surface area (Å²) >= 11 is 0. The van der Waals surface area contributed by atoms with Gasteiger partial charge in [-0.1, -0.05) is 12.1 Å². The van der Waals surface area contributed by atoms with Gasteiger partial charge in [0.05, 0.1) is 16.6 Å². The standard InChI is InChI=1S/C17H10N2O3/c20-14-8-7-13-12(6-3-9-18-13)15(14)19-16(21)10-4-1-2-5-11(10)17(19)22/h1-9,20H. The number of anilines is 1. The van der Waals surface area contributed by atoms with E-state index in [0.717, 1.165) is 4.90 Å². The van der Waals surface area contributed by atoms with Gasteiger partial charge in [-0.3, -0.25) is 14.6 Å². The molecule has 4 rings (SSSR count). The fourth-order valence-corrected chi connectivity index (χ4v) is 2.75. The Labute approximate surface area is 125 Å². The van der Waals surface area contributed by atoms with Crippen LogP contribution < -0.4 is 4.90 Å². The first-order valence-electron chi connectivity index (χ1n) is 6.73. The van der Waals surface area contributed by atoms with Crippen LogP contribution in [0.1, 0.15) is 20.7 Å². The van der Waals surface area contributed by atoms with Crippen LogP contribution in [0.4, 0.5) is 5.69 Å². The number of imide groups is 1. The highest BCUT2D eigenvalue weighted by atomic mass is 16.3. The maximum atomic E-state index is 12.6. The molecule has 106 valence electrons. The number of hydrogen-bond acceptors (Lipinski definition) is 4. The van der Waals surface area contributed by atoms with Gasteiger partial charge in [0.25, 0.3) is 11.8 Å². The summed E-state index contributed by atoms with van der Waals surface area (Å²) in [4.78, 5) is 30.4. The Morgan fingerprint density at radius 3 is 2.23 bits per heavy atom. The van der Waals surface area contributed by atoms with E-state index in [2.05, 4.69) is 4.98 Å². The lowest BCUT2D eigenvalue weighted by Gasteiger charge is -2.17. The Morgan fingerprint density at radius 1 is 0.864 bits per heavy atom. The summed E-state index contributed by atoms with van der Waals surface area (Å²) in [5, 5.41) is 10.8. The Morgan fingerprint density at radius 2 is 1.55 bits per heavy atom. The monoisotopic (exact) mass is 290 g/mol. The Kier molecular flexibility index (Phi) is 2.50. The molecule has 0 atom stereocenters. The molecule has 1 aliphatic rings. The van der Waals surface area contributed by atoms with Gasteiger partial charge in [0.1, 0.15) is 11.4 Å². The minimum atomic E-state index is -0.438. The second-order valence-corrected chi connectivity index (χ2v) is 4.99. The van der Waals surface area contributed by atoms with Gasteiger partial charge in [-0.2, -0.15) is 0 Å². The summed E-state index contributed by atoms with van der Waals surface area (Å²) in [5.74, 6) is -1.01. The Bertz CT molecular complexity index is 915. The molecule has 0 bridgehead atoms. The van der Waals surface area contributed by atoms with Crippen LogP contribution in [0.5, 0.6) is 5.75 Å². The molecule has 5 nitrogen and oxygen atoms in total. The second kappa shape index (κ2) is 4.39. The van der Waals surface area contributed by atoms with Crippen LogP contribution in [0, 0.1) is 0 Å². The fourth-order valence-electron chi connectivity index (χ4n) is 2.75. The topological polar surface area (TPSA) is 70.5 Å². The molecule has 2 aromatic carbocycles. The van der Waals surface area contributed by atoms with Gasteiger partial charge < -0.3 is 5.11 Å². The number of carbonyl (C=O) groups is 2. The van der Waals surface area contributed by atoms with E-state index in [4.69, 9.17) is 0 Å². The summed E-state index contributed by atoms with van der Waals surface area (Å²) in [6.07, 6.45) is 1.62. The first-order valence-corrected chi connectivity index (χ1v) is 6.73. The third-order valence-electron chi connectivity index (χ3n) is 3.75. The molecule has 0 saturated carbocycles. The molecule has 0 unspecified atom stereocenters. The van der Waals surface area contributed by atoms with E-state index in [1.807, 2.05) is 0 Å². The number of nitrogens with zero attached hydrogens (tertiary/aromatic N) is 2. The molecule has 1 N–H and O–H groups in total. The maximum Gasteiger partial charge on any atom is 0.266 e. The highest BCUT2D eigenvalue weighted by Gasteiger charge is 2.38. The van der Waals surface area contributed by atoms with E-state index in [1.54, 1.807) is 48.7 Å². The summed E-state index contributed by atoms with van der Waals surface area (Å²) in [6.45, 7) is 0. The number of phenols is 1. The summed E-state index contributed by atoms with van der Waals surface area (Å²) in [6, 6.07) is 13.1. The summed E-state index contributed by atoms with van der Waals surface area (Å²) < 4.78 is 0. The zero-order chi connectivity index (χ0) is 15.3. The van der Waals surface area contributed by atoms with Crippen molar-refractivity contribution in [3.05, 3.63) is 65.9 Å². The van der Waals surface area contributed by atoms with Crippen molar-refractivity contribution in [3.63, 3.8) is 0 Å². The van der Waals surface area contributed by atoms with Crippen molar-refractivity contribution in [1.82, 2.24) is 4.98 Å². The molecule has 0 aliphatic carbocycles. The highest BCUT2D eigenvalue weighted by molar-refractivity contribution is 6.36. The first-order chi connectivity index (χ1) is 10.7. The van der Waals surface area contributed by atoms with Crippen LogP contribution in [0.15, 0.2) is 54.7 Å². The molecule has 0 fully saturated rings. The third kappa shape index (κ3) is 1.56. The number of hydrogen-bond donors (Lipinski definition) is 1. The van der Waals surface area contributed by atoms with Gasteiger partial charge in [0, 0.05) is 11.6 Å². The van der Waals surface area contributed by atoms with Crippen LogP contribution in [-0.2, 0) is 0 Å². The van der Waals surface area contributed by atoms with Gasteiger partial charge in [-0.15, -0.1) is 0 Å². The molecule has 2 heterocycles. The lowest BCUT2D eigenvalue weighted by Crippen LogP contribution is -2.29. The molecule has 0 saturated heterocycles. The summed E-state index contributed by atoms with van der Waals surface area (Å²) in [7, 11) is 0. The molecule has 1 aliphatic heterocycles. The van der Waals surface area contributed by atoms with Crippen LogP contribution in [0.25, 0.3) is 10.9 Å². The average Bonchev–Trinajstić information content (AvgIpc) is 2.80. The number of aromatic hydroxyl groups is 1. The number of amides is 2. The molecule has 0 radical (unpaired) electrons. The predicted octanol–water partition coefficient (Wildman–Crippen LogP) is 2.74. The number of fused-ring (bicyclic) bond motifs is 2. The second-order valence-electron chi connectivity index (χ2n) is 4.99. The molecule has 0 spiro atoms. The number of pyridine rings is 1. The van der Waals surface area contributed by atoms with Crippen molar-refractivity contribution in [2.24, 2.45) is 0 Å². The number of phenolic OH excluding ortho intramolecular Hbond substituents is 1. The molecule has 22 heavy (non-hydrogen) atoms. The lowest BCUT2D eigenvalue weighted by atomic mass is 10.1. The van der Waals surface area contributed by atoms with Crippen molar-refractivity contribution in [2.45, 2.75) is 0 Å². The quantitative estimate of drug-likeness (QED) is 0.700. The predicted molar refractivity (Wildman–Crippen MR) is 81.0 cm³/mol. The van der Waals surface area contributed by atoms with Gasteiger partial charge >= 0.3 is 0 Å². The van der Waals surface area contributed by atoms with Crippen LogP contribution >= 0.6 is 0 Å². The zero-order valence-corrected chi connectivity index (χ0v) is 11.4. The highest BCUT2D eigenvalue weighted by Crippen LogP contribution is 2.39.